The Morgan fingerprint density at radius 3 is 2.53 bits per heavy atom. The van der Waals surface area contributed by atoms with Gasteiger partial charge in [0.25, 0.3) is 0 Å². The molecule has 0 saturated carbocycles. The predicted octanol–water partition coefficient (Wildman–Crippen LogP) is 4.76. The lowest BCUT2D eigenvalue weighted by molar-refractivity contribution is 0.211. The average Bonchev–Trinajstić information content (AvgIpc) is 3.34. The van der Waals surface area contributed by atoms with E-state index in [1.165, 1.54) is 28.0 Å². The van der Waals surface area contributed by atoms with Crippen LogP contribution in [0.4, 0.5) is 10.1 Å². The first kappa shape index (κ1) is 21.2. The summed E-state index contributed by atoms with van der Waals surface area (Å²) in [5.74, 6) is 0.611. The zero-order valence-electron chi connectivity index (χ0n) is 17.6. The molecule has 0 unspecified atom stereocenters. The van der Waals surface area contributed by atoms with Gasteiger partial charge in [0.15, 0.2) is 5.82 Å². The molecular weight excluding hydrogens is 449 g/mol. The highest BCUT2D eigenvalue weighted by atomic mass is 35.5. The summed E-state index contributed by atoms with van der Waals surface area (Å²) in [6.45, 7) is 5.14. The Bertz CT molecular complexity index is 1230. The molecule has 0 aliphatic carbocycles. The standard InChI is InChI=1S/C23H23ClFN5OS/c1-2-19-26-23-30(27-19)22(31)21(32-23)20(15-4-3-5-16(24)14-15)29-12-10-28(11-13-29)18-8-6-17(25)7-9-18/h3-9,14,20,31H,2,10-13H2,1H3/t20-/m1/s1. The molecule has 4 aromatic rings. The summed E-state index contributed by atoms with van der Waals surface area (Å²) in [4.78, 5) is 10.6. The second-order valence-electron chi connectivity index (χ2n) is 7.82. The van der Waals surface area contributed by atoms with Crippen molar-refractivity contribution in [1.82, 2.24) is 19.5 Å². The smallest absolute Gasteiger partial charge is 0.230 e. The lowest BCUT2D eigenvalue weighted by Crippen LogP contribution is -2.47. The van der Waals surface area contributed by atoms with Gasteiger partial charge in [0.05, 0.1) is 10.9 Å². The van der Waals surface area contributed by atoms with E-state index in [4.69, 9.17) is 11.6 Å². The molecule has 5 rings (SSSR count). The molecule has 2 aromatic heterocycles. The maximum absolute atomic E-state index is 13.3. The second kappa shape index (κ2) is 8.69. The molecule has 9 heteroatoms. The second-order valence-corrected chi connectivity index (χ2v) is 9.27. The van der Waals surface area contributed by atoms with E-state index in [1.807, 2.05) is 43.3 Å². The molecule has 1 N–H and O–H groups in total. The summed E-state index contributed by atoms with van der Waals surface area (Å²) in [5, 5.41) is 16.1. The number of benzene rings is 2. The highest BCUT2D eigenvalue weighted by Crippen LogP contribution is 2.41. The van der Waals surface area contributed by atoms with E-state index in [0.717, 1.165) is 42.3 Å². The van der Waals surface area contributed by atoms with Crippen LogP contribution in [0.25, 0.3) is 4.96 Å². The third-order valence-electron chi connectivity index (χ3n) is 5.84. The maximum atomic E-state index is 13.3. The molecule has 6 nitrogen and oxygen atoms in total. The molecule has 1 fully saturated rings. The summed E-state index contributed by atoms with van der Waals surface area (Å²) >= 11 is 7.78. The number of halogens is 2. The maximum Gasteiger partial charge on any atom is 0.230 e. The first-order chi connectivity index (χ1) is 15.5. The van der Waals surface area contributed by atoms with Crippen LogP contribution in [0.15, 0.2) is 48.5 Å². The van der Waals surface area contributed by atoms with Crippen molar-refractivity contribution in [3.63, 3.8) is 0 Å². The van der Waals surface area contributed by atoms with Crippen LogP contribution in [0.5, 0.6) is 5.88 Å². The van der Waals surface area contributed by atoms with Gasteiger partial charge in [-0.2, -0.15) is 4.52 Å². The van der Waals surface area contributed by atoms with Crippen molar-refractivity contribution in [3.05, 3.63) is 75.6 Å². The minimum atomic E-state index is -0.230. The monoisotopic (exact) mass is 471 g/mol. The molecule has 1 aliphatic heterocycles. The van der Waals surface area contributed by atoms with Gasteiger partial charge < -0.3 is 10.0 Å². The van der Waals surface area contributed by atoms with Crippen molar-refractivity contribution in [1.29, 1.82) is 0 Å². The summed E-state index contributed by atoms with van der Waals surface area (Å²) in [5.41, 5.74) is 2.03. The summed E-state index contributed by atoms with van der Waals surface area (Å²) in [6.07, 6.45) is 0.715. The van der Waals surface area contributed by atoms with E-state index in [-0.39, 0.29) is 17.7 Å². The minimum Gasteiger partial charge on any atom is -0.492 e. The number of anilines is 1. The number of hydrogen-bond donors (Lipinski definition) is 1. The molecule has 166 valence electrons. The molecule has 0 amide bonds. The van der Waals surface area contributed by atoms with Crippen molar-refractivity contribution in [2.45, 2.75) is 19.4 Å². The summed E-state index contributed by atoms with van der Waals surface area (Å²) in [6, 6.07) is 14.2. The number of thiazole rings is 1. The SMILES string of the molecule is CCc1nc2sc([C@@H](c3cccc(Cl)c3)N3CCN(c4ccc(F)cc4)CC3)c(O)n2n1. The fourth-order valence-electron chi connectivity index (χ4n) is 4.21. The number of nitrogens with zero attached hydrogens (tertiary/aromatic N) is 5. The van der Waals surface area contributed by atoms with Crippen LogP contribution in [-0.2, 0) is 6.42 Å². The van der Waals surface area contributed by atoms with Crippen molar-refractivity contribution < 1.29 is 9.50 Å². The fourth-order valence-corrected chi connectivity index (χ4v) is 5.55. The summed E-state index contributed by atoms with van der Waals surface area (Å²) in [7, 11) is 0. The van der Waals surface area contributed by atoms with Gasteiger partial charge in [-0.15, -0.1) is 5.10 Å². The van der Waals surface area contributed by atoms with Crippen LogP contribution in [0.2, 0.25) is 5.02 Å². The van der Waals surface area contributed by atoms with E-state index in [0.29, 0.717) is 22.2 Å². The summed E-state index contributed by atoms with van der Waals surface area (Å²) < 4.78 is 14.8. The lowest BCUT2D eigenvalue weighted by Gasteiger charge is -2.40. The van der Waals surface area contributed by atoms with E-state index >= 15 is 0 Å². The number of piperazine rings is 1. The van der Waals surface area contributed by atoms with Gasteiger partial charge in [-0.25, -0.2) is 9.37 Å². The van der Waals surface area contributed by atoms with Crippen LogP contribution >= 0.6 is 22.9 Å². The van der Waals surface area contributed by atoms with Gasteiger partial charge in [0, 0.05) is 43.3 Å². The van der Waals surface area contributed by atoms with Crippen LogP contribution in [0.3, 0.4) is 0 Å². The van der Waals surface area contributed by atoms with Crippen molar-refractivity contribution in [3.8, 4) is 5.88 Å². The topological polar surface area (TPSA) is 56.9 Å². The fraction of sp³-hybridized carbons (Fsp3) is 0.304. The zero-order chi connectivity index (χ0) is 22.2. The van der Waals surface area contributed by atoms with Crippen molar-refractivity contribution in [2.75, 3.05) is 31.1 Å². The van der Waals surface area contributed by atoms with Crippen LogP contribution in [-0.4, -0.2) is 50.8 Å². The molecule has 0 radical (unpaired) electrons. The predicted molar refractivity (Wildman–Crippen MR) is 125 cm³/mol. The Labute approximate surface area is 194 Å². The van der Waals surface area contributed by atoms with E-state index < -0.39 is 0 Å². The third-order valence-corrected chi connectivity index (χ3v) is 7.15. The normalized spacial score (nSPS) is 16.0. The van der Waals surface area contributed by atoms with Crippen LogP contribution in [0, 0.1) is 5.82 Å². The van der Waals surface area contributed by atoms with Gasteiger partial charge in [0.2, 0.25) is 10.8 Å². The molecule has 1 aliphatic rings. The van der Waals surface area contributed by atoms with Gasteiger partial charge in [-0.1, -0.05) is 42.0 Å². The zero-order valence-corrected chi connectivity index (χ0v) is 19.2. The van der Waals surface area contributed by atoms with Crippen molar-refractivity contribution in [2.24, 2.45) is 0 Å². The van der Waals surface area contributed by atoms with Crippen LogP contribution < -0.4 is 4.90 Å². The van der Waals surface area contributed by atoms with E-state index in [2.05, 4.69) is 19.9 Å². The Hall–Kier alpha value is -2.68. The highest BCUT2D eigenvalue weighted by molar-refractivity contribution is 7.17. The van der Waals surface area contributed by atoms with Crippen molar-refractivity contribution >= 4 is 33.6 Å². The van der Waals surface area contributed by atoms with Gasteiger partial charge in [0.1, 0.15) is 5.82 Å². The molecule has 1 atom stereocenters. The van der Waals surface area contributed by atoms with Gasteiger partial charge in [-0.3, -0.25) is 4.90 Å². The number of hydrogen-bond acceptors (Lipinski definition) is 6. The molecule has 32 heavy (non-hydrogen) atoms. The number of aryl methyl sites for hydroxylation is 1. The average molecular weight is 472 g/mol. The minimum absolute atomic E-state index is 0.128. The quantitative estimate of drug-likeness (QED) is 0.454. The number of fused-ring (bicyclic) bond motifs is 1. The number of rotatable bonds is 5. The van der Waals surface area contributed by atoms with Gasteiger partial charge >= 0.3 is 0 Å². The van der Waals surface area contributed by atoms with E-state index in [9.17, 15) is 9.50 Å². The van der Waals surface area contributed by atoms with Crippen LogP contribution in [0.1, 0.15) is 29.2 Å². The van der Waals surface area contributed by atoms with E-state index in [1.54, 1.807) is 0 Å². The first-order valence-corrected chi connectivity index (χ1v) is 11.8. The molecule has 0 bridgehead atoms. The van der Waals surface area contributed by atoms with Gasteiger partial charge in [-0.05, 0) is 42.0 Å². The number of aromatic nitrogens is 3. The lowest BCUT2D eigenvalue weighted by atomic mass is 10.0. The Morgan fingerprint density at radius 1 is 1.12 bits per heavy atom. The largest absolute Gasteiger partial charge is 0.492 e. The highest BCUT2D eigenvalue weighted by Gasteiger charge is 2.32. The third kappa shape index (κ3) is 3.94. The number of aromatic hydroxyl groups is 1. The first-order valence-electron chi connectivity index (χ1n) is 10.6. The molecule has 1 saturated heterocycles. The Kier molecular flexibility index (Phi) is 5.75. The Balaban J connectivity index is 1.47. The molecule has 3 heterocycles. The molecule has 2 aromatic carbocycles. The molecular formula is C23H23ClFN5OS. The molecule has 0 spiro atoms. The Morgan fingerprint density at radius 2 is 1.88 bits per heavy atom.